The highest BCUT2D eigenvalue weighted by atomic mass is 35.5. The number of hydrogen-bond acceptors (Lipinski definition) is 1. The first-order valence-corrected chi connectivity index (χ1v) is 3.33. The quantitative estimate of drug-likeness (QED) is 0.547. The Hall–Kier alpha value is -0.300. The van der Waals surface area contributed by atoms with Crippen molar-refractivity contribution in [1.82, 2.24) is 0 Å². The van der Waals surface area contributed by atoms with Crippen molar-refractivity contribution in [3.63, 3.8) is 0 Å². The van der Waals surface area contributed by atoms with E-state index in [1.807, 2.05) is 13.8 Å². The molecule has 0 saturated heterocycles. The maximum Gasteiger partial charge on any atom is 0.176 e. The number of carbonyl (C=O) groups excluding carboxylic acids is 1. The number of carbonyl (C=O) groups is 1. The number of Topliss-reactive ketones (excluding diaryl/α,β-unsaturated/α-hetero) is 1. The minimum Gasteiger partial charge on any atom is -0.293 e. The molecule has 0 unspecified atom stereocenters. The Morgan fingerprint density at radius 2 is 2.00 bits per heavy atom. The summed E-state index contributed by atoms with van der Waals surface area (Å²) in [5.74, 6) is 0.0212. The average molecular weight is 147 g/mol. The lowest BCUT2D eigenvalue weighted by molar-refractivity contribution is -0.117. The van der Waals surface area contributed by atoms with Crippen LogP contribution in [0.25, 0.3) is 0 Å². The first-order chi connectivity index (χ1) is 4.09. The lowest BCUT2D eigenvalue weighted by atomic mass is 10.1. The summed E-state index contributed by atoms with van der Waals surface area (Å²) in [6.07, 6.45) is 1.61. The molecular weight excluding hydrogens is 136 g/mol. The molecule has 0 aliphatic rings. The van der Waals surface area contributed by atoms with E-state index in [-0.39, 0.29) is 11.7 Å². The monoisotopic (exact) mass is 146 g/mol. The summed E-state index contributed by atoms with van der Waals surface area (Å²) in [6.45, 7) is 5.41. The third-order valence-corrected chi connectivity index (χ3v) is 1.42. The number of rotatable bonds is 2. The van der Waals surface area contributed by atoms with Crippen LogP contribution in [-0.2, 0) is 4.79 Å². The molecule has 0 spiro atoms. The Morgan fingerprint density at radius 1 is 1.56 bits per heavy atom. The summed E-state index contributed by atoms with van der Waals surface area (Å²) in [5, 5.41) is 0.338. The average Bonchev–Trinajstić information content (AvgIpc) is 1.84. The van der Waals surface area contributed by atoms with Gasteiger partial charge in [0.1, 0.15) is 0 Å². The third kappa shape index (κ3) is 2.66. The highest BCUT2D eigenvalue weighted by Crippen LogP contribution is 2.08. The van der Waals surface area contributed by atoms with Crippen LogP contribution in [0.3, 0.4) is 0 Å². The van der Waals surface area contributed by atoms with Gasteiger partial charge < -0.3 is 0 Å². The van der Waals surface area contributed by atoms with E-state index < -0.39 is 0 Å². The van der Waals surface area contributed by atoms with Crippen LogP contribution in [0.5, 0.6) is 0 Å². The highest BCUT2D eigenvalue weighted by Gasteiger charge is 2.08. The molecule has 52 valence electrons. The van der Waals surface area contributed by atoms with Crippen molar-refractivity contribution in [3.05, 3.63) is 11.1 Å². The van der Waals surface area contributed by atoms with Gasteiger partial charge in [-0.15, -0.1) is 0 Å². The van der Waals surface area contributed by atoms with Crippen molar-refractivity contribution in [2.24, 2.45) is 5.92 Å². The van der Waals surface area contributed by atoms with Crippen LogP contribution in [0.4, 0.5) is 0 Å². The van der Waals surface area contributed by atoms with E-state index in [4.69, 9.17) is 11.6 Å². The third-order valence-electron chi connectivity index (χ3n) is 1.01. The normalized spacial score (nSPS) is 12.3. The fourth-order valence-corrected chi connectivity index (χ4v) is 0.636. The lowest BCUT2D eigenvalue weighted by Gasteiger charge is -1.99. The zero-order chi connectivity index (χ0) is 7.44. The van der Waals surface area contributed by atoms with E-state index in [9.17, 15) is 4.79 Å². The van der Waals surface area contributed by atoms with E-state index in [2.05, 4.69) is 0 Å². The second-order valence-electron chi connectivity index (χ2n) is 2.16. The van der Waals surface area contributed by atoms with Crippen molar-refractivity contribution >= 4 is 17.4 Å². The molecule has 0 N–H and O–H groups in total. The molecule has 0 heterocycles. The fraction of sp³-hybridized carbons (Fsp3) is 0.571. The standard InChI is InChI=1S/C7H11ClO/c1-4-6(8)7(9)5(2)3/h4-5H,1-3H3/b6-4-. The Bertz CT molecular complexity index is 136. The van der Waals surface area contributed by atoms with Crippen molar-refractivity contribution in [2.75, 3.05) is 0 Å². The Balaban J connectivity index is 4.06. The molecule has 0 saturated carbocycles. The number of allylic oxidation sites excluding steroid dienone is 2. The minimum atomic E-state index is 0.00806. The van der Waals surface area contributed by atoms with Gasteiger partial charge >= 0.3 is 0 Å². The van der Waals surface area contributed by atoms with Crippen LogP contribution >= 0.6 is 11.6 Å². The molecule has 2 heteroatoms. The number of halogens is 1. The molecule has 9 heavy (non-hydrogen) atoms. The van der Waals surface area contributed by atoms with Crippen LogP contribution in [0.15, 0.2) is 11.1 Å². The summed E-state index contributed by atoms with van der Waals surface area (Å²) in [6, 6.07) is 0. The molecule has 0 aliphatic carbocycles. The lowest BCUT2D eigenvalue weighted by Crippen LogP contribution is -2.05. The molecule has 0 aliphatic heterocycles. The van der Waals surface area contributed by atoms with Gasteiger partial charge in [-0.05, 0) is 6.92 Å². The summed E-state index contributed by atoms with van der Waals surface area (Å²) in [5.41, 5.74) is 0. The van der Waals surface area contributed by atoms with Crippen LogP contribution in [0, 0.1) is 5.92 Å². The first-order valence-electron chi connectivity index (χ1n) is 2.95. The van der Waals surface area contributed by atoms with Gasteiger partial charge in [-0.2, -0.15) is 0 Å². The maximum absolute atomic E-state index is 10.9. The van der Waals surface area contributed by atoms with Crippen LogP contribution < -0.4 is 0 Å². The molecule has 0 radical (unpaired) electrons. The smallest absolute Gasteiger partial charge is 0.176 e. The van der Waals surface area contributed by atoms with Crippen molar-refractivity contribution in [2.45, 2.75) is 20.8 Å². The molecule has 0 amide bonds. The molecule has 0 bridgehead atoms. The molecule has 0 fully saturated rings. The topological polar surface area (TPSA) is 17.1 Å². The van der Waals surface area contributed by atoms with Crippen LogP contribution in [0.1, 0.15) is 20.8 Å². The summed E-state index contributed by atoms with van der Waals surface area (Å²) in [7, 11) is 0. The molecule has 0 aromatic rings. The molecule has 0 rings (SSSR count). The summed E-state index contributed by atoms with van der Waals surface area (Å²) < 4.78 is 0. The second kappa shape index (κ2) is 3.67. The van der Waals surface area contributed by atoms with Crippen LogP contribution in [0.2, 0.25) is 0 Å². The van der Waals surface area contributed by atoms with Gasteiger partial charge in [0.15, 0.2) is 5.78 Å². The number of hydrogen-bond donors (Lipinski definition) is 0. The minimum absolute atomic E-state index is 0.00806. The Morgan fingerprint density at radius 3 is 2.11 bits per heavy atom. The van der Waals surface area contributed by atoms with Gasteiger partial charge in [0, 0.05) is 5.92 Å². The van der Waals surface area contributed by atoms with Gasteiger partial charge in [-0.3, -0.25) is 4.79 Å². The zero-order valence-electron chi connectivity index (χ0n) is 5.94. The molecular formula is C7H11ClO. The van der Waals surface area contributed by atoms with Crippen LogP contribution in [-0.4, -0.2) is 5.78 Å². The molecule has 0 atom stereocenters. The van der Waals surface area contributed by atoms with Crippen molar-refractivity contribution < 1.29 is 4.79 Å². The van der Waals surface area contributed by atoms with Gasteiger partial charge in [0.05, 0.1) is 5.03 Å². The number of ketones is 1. The van der Waals surface area contributed by atoms with Gasteiger partial charge in [0.25, 0.3) is 0 Å². The largest absolute Gasteiger partial charge is 0.293 e. The molecule has 0 aromatic heterocycles. The predicted octanol–water partition coefficient (Wildman–Crippen LogP) is 2.35. The van der Waals surface area contributed by atoms with E-state index in [1.165, 1.54) is 0 Å². The summed E-state index contributed by atoms with van der Waals surface area (Å²) >= 11 is 5.52. The highest BCUT2D eigenvalue weighted by molar-refractivity contribution is 6.42. The van der Waals surface area contributed by atoms with Crippen molar-refractivity contribution in [1.29, 1.82) is 0 Å². The maximum atomic E-state index is 10.9. The second-order valence-corrected chi connectivity index (χ2v) is 2.56. The predicted molar refractivity (Wildman–Crippen MR) is 39.5 cm³/mol. The molecule has 1 nitrogen and oxygen atoms in total. The van der Waals surface area contributed by atoms with E-state index >= 15 is 0 Å². The van der Waals surface area contributed by atoms with E-state index in [0.717, 1.165) is 0 Å². The van der Waals surface area contributed by atoms with E-state index in [0.29, 0.717) is 5.03 Å². The van der Waals surface area contributed by atoms with Gasteiger partial charge in [0.2, 0.25) is 0 Å². The fourth-order valence-electron chi connectivity index (χ4n) is 0.418. The summed E-state index contributed by atoms with van der Waals surface area (Å²) in [4.78, 5) is 10.9. The Kier molecular flexibility index (Phi) is 3.55. The first kappa shape index (κ1) is 8.70. The SMILES string of the molecule is C/C=C(\Cl)C(=O)C(C)C. The molecule has 0 aromatic carbocycles. The van der Waals surface area contributed by atoms with Crippen molar-refractivity contribution in [3.8, 4) is 0 Å². The van der Waals surface area contributed by atoms with E-state index in [1.54, 1.807) is 13.0 Å². The Labute approximate surface area is 60.7 Å². The zero-order valence-corrected chi connectivity index (χ0v) is 6.70. The van der Waals surface area contributed by atoms with Gasteiger partial charge in [-0.25, -0.2) is 0 Å². The van der Waals surface area contributed by atoms with Gasteiger partial charge in [-0.1, -0.05) is 31.5 Å².